The lowest BCUT2D eigenvalue weighted by atomic mass is 10.2. The van der Waals surface area contributed by atoms with Crippen molar-refractivity contribution in [1.29, 1.82) is 0 Å². The van der Waals surface area contributed by atoms with E-state index in [1.165, 1.54) is 0 Å². The van der Waals surface area contributed by atoms with Crippen LogP contribution in [0.25, 0.3) is 0 Å². The Hall–Kier alpha value is -1.42. The Balaban J connectivity index is 2.39. The van der Waals surface area contributed by atoms with E-state index in [0.717, 1.165) is 11.3 Å². The highest BCUT2D eigenvalue weighted by Gasteiger charge is 1.99. The quantitative estimate of drug-likeness (QED) is 0.719. The lowest BCUT2D eigenvalue weighted by molar-refractivity contribution is -0.119. The maximum Gasteiger partial charge on any atom is 0.233 e. The lowest BCUT2D eigenvalue weighted by Crippen LogP contribution is -2.31. The third kappa shape index (κ3) is 3.14. The highest BCUT2D eigenvalue weighted by atomic mass is 16.1. The topological polar surface area (TPSA) is 54.0 Å². The molecule has 1 aromatic heterocycles. The summed E-state index contributed by atoms with van der Waals surface area (Å²) in [5, 5.41) is 5.59. The van der Waals surface area contributed by atoms with E-state index in [1.807, 2.05) is 19.1 Å². The molecule has 0 bridgehead atoms. The molecular weight excluding hydrogens is 178 g/mol. The first-order valence-corrected chi connectivity index (χ1v) is 4.56. The minimum Gasteiger partial charge on any atom is -0.358 e. The number of carbonyl (C=O) groups is 1. The number of rotatable bonds is 4. The van der Waals surface area contributed by atoms with Crippen LogP contribution in [0.15, 0.2) is 18.3 Å². The van der Waals surface area contributed by atoms with Gasteiger partial charge in [-0.25, -0.2) is 0 Å². The Labute approximate surface area is 83.7 Å². The van der Waals surface area contributed by atoms with Crippen molar-refractivity contribution in [2.45, 2.75) is 13.5 Å². The fourth-order valence-corrected chi connectivity index (χ4v) is 1.10. The van der Waals surface area contributed by atoms with Crippen LogP contribution in [0.5, 0.6) is 0 Å². The molecule has 1 amide bonds. The van der Waals surface area contributed by atoms with E-state index in [2.05, 4.69) is 15.6 Å². The monoisotopic (exact) mass is 193 g/mol. The van der Waals surface area contributed by atoms with Gasteiger partial charge in [0.2, 0.25) is 5.91 Å². The molecule has 0 aromatic carbocycles. The number of hydrogen-bond donors (Lipinski definition) is 2. The van der Waals surface area contributed by atoms with Gasteiger partial charge in [-0.05, 0) is 18.6 Å². The molecule has 0 aliphatic heterocycles. The molecule has 76 valence electrons. The summed E-state index contributed by atoms with van der Waals surface area (Å²) in [6.07, 6.45) is 1.76. The van der Waals surface area contributed by atoms with E-state index >= 15 is 0 Å². The number of nitrogens with one attached hydrogen (secondary N) is 2. The van der Waals surface area contributed by atoms with E-state index in [1.54, 1.807) is 13.2 Å². The molecule has 1 heterocycles. The summed E-state index contributed by atoms with van der Waals surface area (Å²) in [5.41, 5.74) is 2.12. The molecule has 0 unspecified atom stereocenters. The van der Waals surface area contributed by atoms with E-state index in [0.29, 0.717) is 13.1 Å². The number of amides is 1. The van der Waals surface area contributed by atoms with Gasteiger partial charge in [0, 0.05) is 25.5 Å². The predicted molar refractivity (Wildman–Crippen MR) is 54.7 cm³/mol. The number of aromatic nitrogens is 1. The third-order valence-electron chi connectivity index (χ3n) is 2.00. The molecule has 1 aromatic rings. The van der Waals surface area contributed by atoms with Crippen LogP contribution in [-0.4, -0.2) is 24.5 Å². The Morgan fingerprint density at radius 3 is 3.00 bits per heavy atom. The summed E-state index contributed by atoms with van der Waals surface area (Å²) in [7, 11) is 1.62. The molecule has 2 N–H and O–H groups in total. The second-order valence-electron chi connectivity index (χ2n) is 3.02. The first kappa shape index (κ1) is 10.7. The molecule has 4 nitrogen and oxygen atoms in total. The summed E-state index contributed by atoms with van der Waals surface area (Å²) in [4.78, 5) is 15.1. The molecule has 0 spiro atoms. The van der Waals surface area contributed by atoms with E-state index in [4.69, 9.17) is 0 Å². The Morgan fingerprint density at radius 2 is 2.36 bits per heavy atom. The van der Waals surface area contributed by atoms with Crippen molar-refractivity contribution in [2.24, 2.45) is 0 Å². The SMILES string of the molecule is CNC(=O)CNCc1cccnc1C. The standard InChI is InChI=1S/C10H15N3O/c1-8-9(4-3-5-13-8)6-12-7-10(14)11-2/h3-5,12H,6-7H2,1-2H3,(H,11,14). The smallest absolute Gasteiger partial charge is 0.233 e. The maximum atomic E-state index is 10.9. The summed E-state index contributed by atoms with van der Waals surface area (Å²) in [6.45, 7) is 2.97. The first-order chi connectivity index (χ1) is 6.74. The number of hydrogen-bond acceptors (Lipinski definition) is 3. The number of aryl methyl sites for hydroxylation is 1. The zero-order valence-electron chi connectivity index (χ0n) is 8.50. The van der Waals surface area contributed by atoms with Gasteiger partial charge < -0.3 is 10.6 Å². The second kappa shape index (κ2) is 5.34. The fraction of sp³-hybridized carbons (Fsp3) is 0.400. The summed E-state index contributed by atoms with van der Waals surface area (Å²) in [6, 6.07) is 3.89. The summed E-state index contributed by atoms with van der Waals surface area (Å²) in [5.74, 6) is -0.00783. The van der Waals surface area contributed by atoms with Crippen molar-refractivity contribution in [3.05, 3.63) is 29.6 Å². The van der Waals surface area contributed by atoms with Crippen molar-refractivity contribution in [2.75, 3.05) is 13.6 Å². The van der Waals surface area contributed by atoms with E-state index in [9.17, 15) is 4.79 Å². The minimum absolute atomic E-state index is 0.00783. The van der Waals surface area contributed by atoms with Gasteiger partial charge in [-0.3, -0.25) is 9.78 Å². The highest BCUT2D eigenvalue weighted by Crippen LogP contribution is 2.01. The van der Waals surface area contributed by atoms with Gasteiger partial charge in [-0.2, -0.15) is 0 Å². The van der Waals surface area contributed by atoms with Crippen LogP contribution in [0.3, 0.4) is 0 Å². The van der Waals surface area contributed by atoms with Gasteiger partial charge in [0.05, 0.1) is 6.54 Å². The van der Waals surface area contributed by atoms with E-state index < -0.39 is 0 Å². The van der Waals surface area contributed by atoms with E-state index in [-0.39, 0.29) is 5.91 Å². The normalized spacial score (nSPS) is 9.86. The molecule has 0 aliphatic rings. The molecule has 14 heavy (non-hydrogen) atoms. The number of likely N-dealkylation sites (N-methyl/N-ethyl adjacent to an activating group) is 1. The lowest BCUT2D eigenvalue weighted by Gasteiger charge is -2.05. The fourth-order valence-electron chi connectivity index (χ4n) is 1.10. The minimum atomic E-state index is -0.00783. The molecule has 1 rings (SSSR count). The van der Waals surface area contributed by atoms with Crippen LogP contribution in [0.1, 0.15) is 11.3 Å². The highest BCUT2D eigenvalue weighted by molar-refractivity contribution is 5.77. The van der Waals surface area contributed by atoms with Crippen molar-refractivity contribution < 1.29 is 4.79 Å². The zero-order chi connectivity index (χ0) is 10.4. The largest absolute Gasteiger partial charge is 0.358 e. The van der Waals surface area contributed by atoms with Gasteiger partial charge >= 0.3 is 0 Å². The average molecular weight is 193 g/mol. The van der Waals surface area contributed by atoms with Gasteiger partial charge in [-0.1, -0.05) is 6.07 Å². The van der Waals surface area contributed by atoms with Gasteiger partial charge in [0.15, 0.2) is 0 Å². The Bertz CT molecular complexity index is 312. The number of carbonyl (C=O) groups excluding carboxylic acids is 1. The first-order valence-electron chi connectivity index (χ1n) is 4.56. The van der Waals surface area contributed by atoms with Crippen LogP contribution >= 0.6 is 0 Å². The van der Waals surface area contributed by atoms with Crippen molar-refractivity contribution in [1.82, 2.24) is 15.6 Å². The molecule has 0 saturated heterocycles. The molecule has 0 fully saturated rings. The third-order valence-corrected chi connectivity index (χ3v) is 2.00. The van der Waals surface area contributed by atoms with Crippen LogP contribution in [0, 0.1) is 6.92 Å². The van der Waals surface area contributed by atoms with Crippen LogP contribution in [0.2, 0.25) is 0 Å². The Morgan fingerprint density at radius 1 is 1.57 bits per heavy atom. The maximum absolute atomic E-state index is 10.9. The van der Waals surface area contributed by atoms with Gasteiger partial charge in [-0.15, -0.1) is 0 Å². The van der Waals surface area contributed by atoms with Crippen molar-refractivity contribution >= 4 is 5.91 Å². The average Bonchev–Trinajstić information content (AvgIpc) is 2.20. The molecule has 0 atom stereocenters. The van der Waals surface area contributed by atoms with Crippen molar-refractivity contribution in [3.63, 3.8) is 0 Å². The second-order valence-corrected chi connectivity index (χ2v) is 3.02. The van der Waals surface area contributed by atoms with Crippen molar-refractivity contribution in [3.8, 4) is 0 Å². The number of pyridine rings is 1. The molecule has 0 radical (unpaired) electrons. The zero-order valence-corrected chi connectivity index (χ0v) is 8.50. The van der Waals surface area contributed by atoms with Gasteiger partial charge in [0.1, 0.15) is 0 Å². The molecule has 0 aliphatic carbocycles. The summed E-state index contributed by atoms with van der Waals surface area (Å²) >= 11 is 0. The summed E-state index contributed by atoms with van der Waals surface area (Å²) < 4.78 is 0. The van der Waals surface area contributed by atoms with Crippen LogP contribution in [-0.2, 0) is 11.3 Å². The van der Waals surface area contributed by atoms with Crippen LogP contribution < -0.4 is 10.6 Å². The molecular formula is C10H15N3O. The predicted octanol–water partition coefficient (Wildman–Crippen LogP) is 0.226. The number of nitrogens with zero attached hydrogens (tertiary/aromatic N) is 1. The molecule has 4 heteroatoms. The van der Waals surface area contributed by atoms with Gasteiger partial charge in [0.25, 0.3) is 0 Å². The van der Waals surface area contributed by atoms with Crippen LogP contribution in [0.4, 0.5) is 0 Å². The Kier molecular flexibility index (Phi) is 4.07. The molecule has 0 saturated carbocycles.